The largest absolute Gasteiger partial charge is 0.355 e. The molecule has 0 radical (unpaired) electrons. The molecule has 5 rings (SSSR count). The van der Waals surface area contributed by atoms with E-state index in [0.29, 0.717) is 17.8 Å². The predicted molar refractivity (Wildman–Crippen MR) is 73.8 cm³/mol. The number of rotatable bonds is 1. The summed E-state index contributed by atoms with van der Waals surface area (Å²) < 4.78 is 17.9. The van der Waals surface area contributed by atoms with Crippen LogP contribution >= 0.6 is 0 Å². The molecule has 0 aromatic heterocycles. The average Bonchev–Trinajstić information content (AvgIpc) is 2.69. The summed E-state index contributed by atoms with van der Waals surface area (Å²) in [4.78, 5) is 11.8. The van der Waals surface area contributed by atoms with Crippen molar-refractivity contribution in [3.8, 4) is 0 Å². The third-order valence-electron chi connectivity index (χ3n) is 6.33. The zero-order valence-electron chi connectivity index (χ0n) is 13.3. The van der Waals surface area contributed by atoms with Gasteiger partial charge in [-0.1, -0.05) is 13.8 Å². The van der Waals surface area contributed by atoms with Gasteiger partial charge in [0.2, 0.25) is 5.79 Å². The molecule has 4 saturated heterocycles. The number of hydrogen-bond acceptors (Lipinski definition) is 5. The van der Waals surface area contributed by atoms with E-state index in [0.717, 1.165) is 19.3 Å². The Kier molecular flexibility index (Phi) is 3.19. The third-order valence-corrected chi connectivity index (χ3v) is 6.33. The highest BCUT2D eigenvalue weighted by Crippen LogP contribution is 2.60. The van der Waals surface area contributed by atoms with Gasteiger partial charge < -0.3 is 14.2 Å². The Hall–Kier alpha value is -0.200. The van der Waals surface area contributed by atoms with E-state index < -0.39 is 17.7 Å². The van der Waals surface area contributed by atoms with Crippen LogP contribution in [0.25, 0.3) is 0 Å². The van der Waals surface area contributed by atoms with E-state index >= 15 is 0 Å². The van der Waals surface area contributed by atoms with Gasteiger partial charge in [0.25, 0.3) is 0 Å². The van der Waals surface area contributed by atoms with E-state index in [1.165, 1.54) is 6.42 Å². The number of methoxy groups -OCH3 is 1. The first kappa shape index (κ1) is 14.4. The lowest BCUT2D eigenvalue weighted by Crippen LogP contribution is -2.70. The van der Waals surface area contributed by atoms with Crippen LogP contribution < -0.4 is 0 Å². The van der Waals surface area contributed by atoms with Crippen LogP contribution in [0, 0.1) is 23.7 Å². The van der Waals surface area contributed by atoms with Crippen molar-refractivity contribution >= 4 is 0 Å². The molecular formula is C16H26O5. The molecule has 120 valence electrons. The van der Waals surface area contributed by atoms with E-state index in [4.69, 9.17) is 24.0 Å². The normalized spacial score (nSPS) is 59.4. The SMILES string of the molecule is CO[C@@H]1O[C@H]2O[C@@]3(C)CC[C@@H]4[C@H](C)CC[C@H]([C@@H]1C)[C@@]24OO3. The molecule has 5 aliphatic rings. The lowest BCUT2D eigenvalue weighted by molar-refractivity contribution is -0.577. The molecular weight excluding hydrogens is 272 g/mol. The molecule has 0 aromatic rings. The van der Waals surface area contributed by atoms with Crippen molar-refractivity contribution in [1.82, 2.24) is 0 Å². The minimum Gasteiger partial charge on any atom is -0.355 e. The van der Waals surface area contributed by atoms with E-state index in [1.807, 2.05) is 6.92 Å². The van der Waals surface area contributed by atoms with Gasteiger partial charge in [0, 0.05) is 25.4 Å². The van der Waals surface area contributed by atoms with Crippen LogP contribution in [-0.4, -0.2) is 31.1 Å². The first-order chi connectivity index (χ1) is 10.00. The summed E-state index contributed by atoms with van der Waals surface area (Å²) in [6, 6.07) is 0. The zero-order chi connectivity index (χ0) is 14.8. The van der Waals surface area contributed by atoms with Crippen LogP contribution in [0.1, 0.15) is 46.5 Å². The number of hydrogen-bond donors (Lipinski definition) is 0. The molecule has 5 nitrogen and oxygen atoms in total. The van der Waals surface area contributed by atoms with Gasteiger partial charge in [0.15, 0.2) is 18.2 Å². The standard InChI is InChI=1S/C16H26O5/c1-9-5-6-12-10(2)13(17-4)18-14-16(12)11(9)7-8-15(3,19-14)20-21-16/h9-14H,5-8H2,1-4H3/t9-,10+,11-,12-,13-,14+,15-,16-/m1/s1. The maximum atomic E-state index is 6.21. The van der Waals surface area contributed by atoms with Crippen LogP contribution in [-0.2, 0) is 24.0 Å². The molecule has 0 N–H and O–H groups in total. The van der Waals surface area contributed by atoms with Gasteiger partial charge in [0.05, 0.1) is 0 Å². The minimum absolute atomic E-state index is 0.230. The van der Waals surface area contributed by atoms with Crippen molar-refractivity contribution in [2.45, 2.75) is 70.4 Å². The van der Waals surface area contributed by atoms with Gasteiger partial charge in [-0.05, 0) is 38.0 Å². The molecule has 1 spiro atoms. The summed E-state index contributed by atoms with van der Waals surface area (Å²) in [5.41, 5.74) is -0.470. The van der Waals surface area contributed by atoms with Crippen molar-refractivity contribution in [3.05, 3.63) is 0 Å². The summed E-state index contributed by atoms with van der Waals surface area (Å²) in [6.07, 6.45) is 3.64. The molecule has 0 amide bonds. The fraction of sp³-hybridized carbons (Fsp3) is 1.00. The second kappa shape index (κ2) is 4.65. The topological polar surface area (TPSA) is 46.2 Å². The Balaban J connectivity index is 1.79. The number of ether oxygens (including phenoxy) is 3. The van der Waals surface area contributed by atoms with Crippen LogP contribution in [0.3, 0.4) is 0 Å². The van der Waals surface area contributed by atoms with E-state index in [9.17, 15) is 0 Å². The van der Waals surface area contributed by atoms with E-state index in [1.54, 1.807) is 7.11 Å². The summed E-state index contributed by atoms with van der Waals surface area (Å²) in [5, 5.41) is 0. The molecule has 4 aliphatic heterocycles. The number of fused-ring (bicyclic) bond motifs is 2. The summed E-state index contributed by atoms with van der Waals surface area (Å²) >= 11 is 0. The first-order valence-corrected chi connectivity index (χ1v) is 8.23. The van der Waals surface area contributed by atoms with Gasteiger partial charge >= 0.3 is 0 Å². The zero-order valence-corrected chi connectivity index (χ0v) is 13.3. The predicted octanol–water partition coefficient (Wildman–Crippen LogP) is 2.84. The third kappa shape index (κ3) is 1.81. The summed E-state index contributed by atoms with van der Waals surface area (Å²) in [7, 11) is 1.70. The van der Waals surface area contributed by atoms with Gasteiger partial charge in [-0.2, -0.15) is 0 Å². The Labute approximate surface area is 126 Å². The van der Waals surface area contributed by atoms with Crippen molar-refractivity contribution in [3.63, 3.8) is 0 Å². The minimum atomic E-state index is -0.698. The Morgan fingerprint density at radius 1 is 1.05 bits per heavy atom. The second-order valence-electron chi connectivity index (χ2n) is 7.51. The Bertz CT molecular complexity index is 429. The van der Waals surface area contributed by atoms with E-state index in [-0.39, 0.29) is 12.2 Å². The molecule has 1 saturated carbocycles. The average molecular weight is 298 g/mol. The molecule has 0 aromatic carbocycles. The Morgan fingerprint density at radius 2 is 1.86 bits per heavy atom. The van der Waals surface area contributed by atoms with Gasteiger partial charge in [-0.15, -0.1) is 0 Å². The lowest BCUT2D eigenvalue weighted by Gasteiger charge is -2.60. The molecule has 8 atom stereocenters. The highest BCUT2D eigenvalue weighted by atomic mass is 17.3. The maximum absolute atomic E-state index is 6.21. The second-order valence-corrected chi connectivity index (χ2v) is 7.51. The van der Waals surface area contributed by atoms with Crippen molar-refractivity contribution in [1.29, 1.82) is 0 Å². The molecule has 2 bridgehead atoms. The quantitative estimate of drug-likeness (QED) is 0.697. The molecule has 0 unspecified atom stereocenters. The fourth-order valence-corrected chi connectivity index (χ4v) is 5.14. The van der Waals surface area contributed by atoms with Gasteiger partial charge in [0.1, 0.15) is 0 Å². The Morgan fingerprint density at radius 3 is 2.62 bits per heavy atom. The highest BCUT2D eigenvalue weighted by Gasteiger charge is 2.69. The highest BCUT2D eigenvalue weighted by molar-refractivity contribution is 5.08. The van der Waals surface area contributed by atoms with Crippen molar-refractivity contribution < 1.29 is 24.0 Å². The van der Waals surface area contributed by atoms with Crippen LogP contribution in [0.15, 0.2) is 0 Å². The van der Waals surface area contributed by atoms with Crippen molar-refractivity contribution in [2.75, 3.05) is 7.11 Å². The molecule has 1 aliphatic carbocycles. The van der Waals surface area contributed by atoms with Crippen LogP contribution in [0.5, 0.6) is 0 Å². The smallest absolute Gasteiger partial charge is 0.201 e. The van der Waals surface area contributed by atoms with Crippen LogP contribution in [0.4, 0.5) is 0 Å². The molecule has 5 heteroatoms. The van der Waals surface area contributed by atoms with E-state index in [2.05, 4.69) is 13.8 Å². The summed E-state index contributed by atoms with van der Waals surface area (Å²) in [5.74, 6) is 0.953. The monoisotopic (exact) mass is 298 g/mol. The lowest BCUT2D eigenvalue weighted by atomic mass is 9.58. The molecule has 21 heavy (non-hydrogen) atoms. The molecule has 4 heterocycles. The maximum Gasteiger partial charge on any atom is 0.201 e. The summed E-state index contributed by atoms with van der Waals surface area (Å²) in [6.45, 7) is 6.46. The van der Waals surface area contributed by atoms with Crippen LogP contribution in [0.2, 0.25) is 0 Å². The van der Waals surface area contributed by atoms with Crippen molar-refractivity contribution in [2.24, 2.45) is 23.7 Å². The fourth-order valence-electron chi connectivity index (χ4n) is 5.14. The van der Waals surface area contributed by atoms with Gasteiger partial charge in [-0.3, -0.25) is 0 Å². The van der Waals surface area contributed by atoms with Gasteiger partial charge in [-0.25, -0.2) is 9.78 Å². The first-order valence-electron chi connectivity index (χ1n) is 8.23. The molecule has 5 fully saturated rings.